The number of amides is 1. The van der Waals surface area contributed by atoms with Crippen molar-refractivity contribution in [1.29, 1.82) is 0 Å². The summed E-state index contributed by atoms with van der Waals surface area (Å²) in [4.78, 5) is 30.3. The average Bonchev–Trinajstić information content (AvgIpc) is 2.82. The lowest BCUT2D eigenvalue weighted by atomic mass is 10.1. The first-order valence-electron chi connectivity index (χ1n) is 10.1. The molecule has 7 heteroatoms. The Hall–Kier alpha value is -3.71. The van der Waals surface area contributed by atoms with E-state index in [9.17, 15) is 9.59 Å². The van der Waals surface area contributed by atoms with E-state index in [-0.39, 0.29) is 17.2 Å². The van der Waals surface area contributed by atoms with Crippen molar-refractivity contribution in [3.8, 4) is 5.69 Å². The van der Waals surface area contributed by atoms with Gasteiger partial charge < -0.3 is 0 Å². The Morgan fingerprint density at radius 1 is 1.00 bits per heavy atom. The quantitative estimate of drug-likeness (QED) is 0.209. The molecule has 0 atom stereocenters. The Kier molecular flexibility index (Phi) is 6.47. The van der Waals surface area contributed by atoms with E-state index in [1.165, 1.54) is 11.8 Å². The van der Waals surface area contributed by atoms with Crippen molar-refractivity contribution >= 4 is 34.3 Å². The molecule has 0 radical (unpaired) electrons. The van der Waals surface area contributed by atoms with Gasteiger partial charge in [0.25, 0.3) is 11.5 Å². The Labute approximate surface area is 190 Å². The fraction of sp³-hybridized carbons (Fsp3) is 0.120. The van der Waals surface area contributed by atoms with Crippen molar-refractivity contribution in [1.82, 2.24) is 15.0 Å². The number of benzene rings is 3. The molecule has 0 fully saturated rings. The molecule has 1 heterocycles. The van der Waals surface area contributed by atoms with Gasteiger partial charge in [0, 0.05) is 0 Å². The lowest BCUT2D eigenvalue weighted by Crippen LogP contribution is -2.24. The second-order valence-electron chi connectivity index (χ2n) is 7.27. The molecule has 3 aromatic carbocycles. The topological polar surface area (TPSA) is 76.3 Å². The largest absolute Gasteiger partial charge is 0.272 e. The number of nitrogens with one attached hydrogen (secondary N) is 1. The van der Waals surface area contributed by atoms with Gasteiger partial charge >= 0.3 is 0 Å². The van der Waals surface area contributed by atoms with Crippen LogP contribution in [-0.2, 0) is 4.79 Å². The van der Waals surface area contributed by atoms with E-state index in [1.54, 1.807) is 16.7 Å². The summed E-state index contributed by atoms with van der Waals surface area (Å²) in [5.74, 6) is -0.203. The molecule has 0 aliphatic rings. The summed E-state index contributed by atoms with van der Waals surface area (Å²) in [5, 5.41) is 5.17. The predicted molar refractivity (Wildman–Crippen MR) is 130 cm³/mol. The predicted octanol–water partition coefficient (Wildman–Crippen LogP) is 4.33. The van der Waals surface area contributed by atoms with Crippen LogP contribution in [0.25, 0.3) is 16.6 Å². The number of aromatic nitrogens is 2. The van der Waals surface area contributed by atoms with Crippen molar-refractivity contribution in [2.24, 2.45) is 5.10 Å². The van der Waals surface area contributed by atoms with Crippen molar-refractivity contribution in [3.05, 3.63) is 100 Å². The van der Waals surface area contributed by atoms with E-state index >= 15 is 0 Å². The van der Waals surface area contributed by atoms with Crippen LogP contribution < -0.4 is 11.0 Å². The number of hydrazone groups is 1. The Morgan fingerprint density at radius 2 is 1.69 bits per heavy atom. The molecule has 4 aromatic rings. The molecular weight excluding hydrogens is 420 g/mol. The molecule has 1 aromatic heterocycles. The van der Waals surface area contributed by atoms with Gasteiger partial charge in [-0.3, -0.25) is 14.2 Å². The van der Waals surface area contributed by atoms with Crippen LogP contribution in [0.2, 0.25) is 0 Å². The first kappa shape index (κ1) is 21.5. The van der Waals surface area contributed by atoms with Gasteiger partial charge in [-0.2, -0.15) is 5.10 Å². The maximum Gasteiger partial charge on any atom is 0.266 e. The lowest BCUT2D eigenvalue weighted by molar-refractivity contribution is -0.118. The number of hydrogen-bond donors (Lipinski definition) is 1. The SMILES string of the molecule is C/C(=N/NC(=O)CSc1nc2ccccc2c(=O)n1-c1ccc(C)cc1)c1ccccc1. The van der Waals surface area contributed by atoms with Crippen molar-refractivity contribution in [2.75, 3.05) is 5.75 Å². The molecule has 0 aliphatic carbocycles. The number of aryl methyl sites for hydroxylation is 1. The van der Waals surface area contributed by atoms with Gasteiger partial charge in [0.05, 0.1) is 28.1 Å². The van der Waals surface area contributed by atoms with Crippen LogP contribution in [-0.4, -0.2) is 26.9 Å². The van der Waals surface area contributed by atoms with Crippen LogP contribution in [0.3, 0.4) is 0 Å². The molecule has 1 N–H and O–H groups in total. The highest BCUT2D eigenvalue weighted by atomic mass is 32.2. The molecule has 0 bridgehead atoms. The molecule has 0 unspecified atom stereocenters. The highest BCUT2D eigenvalue weighted by Crippen LogP contribution is 2.21. The van der Waals surface area contributed by atoms with Gasteiger partial charge in [0.2, 0.25) is 0 Å². The maximum atomic E-state index is 13.2. The molecule has 0 spiro atoms. The van der Waals surface area contributed by atoms with Crippen LogP contribution in [0.15, 0.2) is 93.9 Å². The van der Waals surface area contributed by atoms with Gasteiger partial charge in [0.1, 0.15) is 0 Å². The number of para-hydroxylation sites is 1. The van der Waals surface area contributed by atoms with E-state index in [1.807, 2.05) is 80.6 Å². The minimum Gasteiger partial charge on any atom is -0.272 e. The number of hydrogen-bond acceptors (Lipinski definition) is 5. The number of thioether (sulfide) groups is 1. The maximum absolute atomic E-state index is 13.2. The molecule has 0 saturated carbocycles. The van der Waals surface area contributed by atoms with E-state index in [0.29, 0.717) is 27.5 Å². The van der Waals surface area contributed by atoms with Crippen LogP contribution >= 0.6 is 11.8 Å². The Morgan fingerprint density at radius 3 is 2.44 bits per heavy atom. The smallest absolute Gasteiger partial charge is 0.266 e. The first-order valence-corrected chi connectivity index (χ1v) is 11.1. The number of nitrogens with zero attached hydrogens (tertiary/aromatic N) is 3. The summed E-state index contributed by atoms with van der Waals surface area (Å²) in [6, 6.07) is 24.5. The monoisotopic (exact) mass is 442 g/mol. The van der Waals surface area contributed by atoms with Gasteiger partial charge in [-0.05, 0) is 43.7 Å². The van der Waals surface area contributed by atoms with Gasteiger partial charge in [0.15, 0.2) is 5.16 Å². The first-order chi connectivity index (χ1) is 15.5. The zero-order valence-electron chi connectivity index (χ0n) is 17.8. The molecule has 0 saturated heterocycles. The highest BCUT2D eigenvalue weighted by Gasteiger charge is 2.14. The third-order valence-electron chi connectivity index (χ3n) is 4.91. The third-order valence-corrected chi connectivity index (χ3v) is 5.85. The summed E-state index contributed by atoms with van der Waals surface area (Å²) in [7, 11) is 0. The van der Waals surface area contributed by atoms with Gasteiger partial charge in [-0.1, -0.05) is 71.9 Å². The highest BCUT2D eigenvalue weighted by molar-refractivity contribution is 7.99. The number of carbonyl (C=O) groups excluding carboxylic acids is 1. The molecule has 6 nitrogen and oxygen atoms in total. The molecule has 0 aliphatic heterocycles. The van der Waals surface area contributed by atoms with Crippen LogP contribution in [0.1, 0.15) is 18.1 Å². The molecular formula is C25H22N4O2S. The molecule has 1 amide bonds. The molecule has 160 valence electrons. The minimum atomic E-state index is -0.275. The zero-order chi connectivity index (χ0) is 22.5. The van der Waals surface area contributed by atoms with E-state index in [2.05, 4.69) is 15.5 Å². The number of rotatable bonds is 6. The van der Waals surface area contributed by atoms with Gasteiger partial charge in [-0.25, -0.2) is 10.4 Å². The standard InChI is InChI=1S/C25H22N4O2S/c1-17-12-14-20(15-13-17)29-24(31)21-10-6-7-11-22(21)26-25(29)32-16-23(30)28-27-18(2)19-8-4-3-5-9-19/h3-15H,16H2,1-2H3,(H,28,30)/b27-18-. The number of fused-ring (bicyclic) bond motifs is 1. The Bertz CT molecular complexity index is 1350. The summed E-state index contributed by atoms with van der Waals surface area (Å²) in [6.07, 6.45) is 0. The summed E-state index contributed by atoms with van der Waals surface area (Å²) in [5.41, 5.74) is 6.46. The summed E-state index contributed by atoms with van der Waals surface area (Å²) >= 11 is 1.20. The van der Waals surface area contributed by atoms with Crippen molar-refractivity contribution in [3.63, 3.8) is 0 Å². The van der Waals surface area contributed by atoms with E-state index in [4.69, 9.17) is 0 Å². The second-order valence-corrected chi connectivity index (χ2v) is 8.22. The lowest BCUT2D eigenvalue weighted by Gasteiger charge is -2.13. The van der Waals surface area contributed by atoms with Crippen LogP contribution in [0, 0.1) is 6.92 Å². The average molecular weight is 443 g/mol. The molecule has 32 heavy (non-hydrogen) atoms. The third kappa shape index (κ3) is 4.78. The molecule has 4 rings (SSSR count). The van der Waals surface area contributed by atoms with E-state index in [0.717, 1.165) is 11.1 Å². The second kappa shape index (κ2) is 9.62. The van der Waals surface area contributed by atoms with Crippen molar-refractivity contribution in [2.45, 2.75) is 19.0 Å². The Balaban J connectivity index is 1.59. The van der Waals surface area contributed by atoms with Gasteiger partial charge in [-0.15, -0.1) is 0 Å². The minimum absolute atomic E-state index is 0.0716. The fourth-order valence-electron chi connectivity index (χ4n) is 3.18. The van der Waals surface area contributed by atoms with Crippen molar-refractivity contribution < 1.29 is 4.79 Å². The fourth-order valence-corrected chi connectivity index (χ4v) is 3.99. The normalized spacial score (nSPS) is 11.5. The number of carbonyl (C=O) groups is 1. The van der Waals surface area contributed by atoms with E-state index < -0.39 is 0 Å². The summed E-state index contributed by atoms with van der Waals surface area (Å²) < 4.78 is 1.55. The van der Waals surface area contributed by atoms with Crippen LogP contribution in [0.5, 0.6) is 0 Å². The van der Waals surface area contributed by atoms with Crippen LogP contribution in [0.4, 0.5) is 0 Å². The summed E-state index contributed by atoms with van der Waals surface area (Å²) in [6.45, 7) is 3.83. The zero-order valence-corrected chi connectivity index (χ0v) is 18.6.